The van der Waals surface area contributed by atoms with Crippen LogP contribution in [0.25, 0.3) is 0 Å². The van der Waals surface area contributed by atoms with Gasteiger partial charge in [-0.2, -0.15) is 0 Å². The summed E-state index contributed by atoms with van der Waals surface area (Å²) in [6, 6.07) is 17.8. The number of pyridine rings is 2. The van der Waals surface area contributed by atoms with Gasteiger partial charge in [-0.15, -0.1) is 0 Å². The number of ether oxygens (including phenoxy) is 1. The predicted molar refractivity (Wildman–Crippen MR) is 143 cm³/mol. The molecule has 178 valence electrons. The third kappa shape index (κ3) is 4.37. The van der Waals surface area contributed by atoms with E-state index in [4.69, 9.17) is 28.6 Å². The Kier molecular flexibility index (Phi) is 6.45. The molecule has 2 atom stereocenters. The van der Waals surface area contributed by atoms with E-state index in [1.54, 1.807) is 13.3 Å². The zero-order valence-electron chi connectivity index (χ0n) is 19.8. The van der Waals surface area contributed by atoms with Gasteiger partial charge in [-0.25, -0.2) is 0 Å². The summed E-state index contributed by atoms with van der Waals surface area (Å²) >= 11 is 12.4. The van der Waals surface area contributed by atoms with Crippen LogP contribution in [0.2, 0.25) is 5.02 Å². The summed E-state index contributed by atoms with van der Waals surface area (Å²) in [4.78, 5) is 11.1. The Morgan fingerprint density at radius 2 is 1.94 bits per heavy atom. The van der Waals surface area contributed by atoms with E-state index < -0.39 is 0 Å². The fourth-order valence-corrected chi connectivity index (χ4v) is 5.40. The average Bonchev–Trinajstić information content (AvgIpc) is 3.36. The molecule has 6 nitrogen and oxygen atoms in total. The van der Waals surface area contributed by atoms with E-state index in [1.165, 1.54) is 17.0 Å². The van der Waals surface area contributed by atoms with Crippen LogP contribution in [0.15, 0.2) is 73.2 Å². The van der Waals surface area contributed by atoms with Gasteiger partial charge in [0.15, 0.2) is 5.11 Å². The molecule has 1 aliphatic rings. The monoisotopic (exact) mass is 503 g/mol. The number of rotatable bonds is 6. The lowest BCUT2D eigenvalue weighted by Crippen LogP contribution is -2.29. The number of aryl methyl sites for hydroxylation is 1. The van der Waals surface area contributed by atoms with Gasteiger partial charge >= 0.3 is 0 Å². The van der Waals surface area contributed by atoms with Crippen molar-refractivity contribution < 1.29 is 4.74 Å². The van der Waals surface area contributed by atoms with Crippen molar-refractivity contribution in [2.45, 2.75) is 32.5 Å². The molecule has 4 heterocycles. The summed E-state index contributed by atoms with van der Waals surface area (Å²) in [6.07, 6.45) is 5.52. The van der Waals surface area contributed by atoms with Crippen LogP contribution in [0.4, 0.5) is 5.69 Å². The minimum Gasteiger partial charge on any atom is -0.495 e. The first-order chi connectivity index (χ1) is 17.0. The first-order valence-electron chi connectivity index (χ1n) is 11.4. The standard InChI is InChI=1S/C27H26ClN5OS/c1-17-13-21(18(2)32(17)16-19-7-6-11-29-15-19)26-25(23-8-4-5-12-30-23)31-27(35)33(26)20-9-10-24(34-3)22(28)14-20/h4-15,25-26H,16H2,1-3H3,(H,31,35)/t25-,26-/m1/s1. The Morgan fingerprint density at radius 1 is 1.09 bits per heavy atom. The van der Waals surface area contributed by atoms with Crippen LogP contribution in [-0.4, -0.2) is 26.8 Å². The number of hydrogen-bond acceptors (Lipinski definition) is 4. The first-order valence-corrected chi connectivity index (χ1v) is 12.2. The van der Waals surface area contributed by atoms with E-state index in [0.717, 1.165) is 23.5 Å². The molecule has 0 amide bonds. The number of aromatic nitrogens is 3. The Balaban J connectivity index is 1.62. The highest BCUT2D eigenvalue weighted by Gasteiger charge is 2.42. The van der Waals surface area contributed by atoms with E-state index in [1.807, 2.05) is 54.9 Å². The molecule has 0 saturated carbocycles. The second kappa shape index (κ2) is 9.68. The van der Waals surface area contributed by atoms with Gasteiger partial charge < -0.3 is 19.5 Å². The van der Waals surface area contributed by atoms with Crippen molar-refractivity contribution in [2.24, 2.45) is 0 Å². The summed E-state index contributed by atoms with van der Waals surface area (Å²) in [5.41, 5.74) is 6.51. The van der Waals surface area contributed by atoms with Gasteiger partial charge in [-0.05, 0) is 79.7 Å². The van der Waals surface area contributed by atoms with E-state index >= 15 is 0 Å². The molecule has 35 heavy (non-hydrogen) atoms. The molecule has 0 bridgehead atoms. The molecule has 1 saturated heterocycles. The average molecular weight is 504 g/mol. The maximum atomic E-state index is 6.52. The summed E-state index contributed by atoms with van der Waals surface area (Å²) in [6.45, 7) is 5.05. The fourth-order valence-electron chi connectivity index (χ4n) is 4.80. The topological polar surface area (TPSA) is 55.2 Å². The summed E-state index contributed by atoms with van der Waals surface area (Å²) in [7, 11) is 1.61. The number of methoxy groups -OCH3 is 1. The highest BCUT2D eigenvalue weighted by Crippen LogP contribution is 2.44. The maximum Gasteiger partial charge on any atom is 0.174 e. The van der Waals surface area contributed by atoms with E-state index in [0.29, 0.717) is 15.9 Å². The molecule has 4 aromatic rings. The van der Waals surface area contributed by atoms with Gasteiger partial charge in [-0.3, -0.25) is 9.97 Å². The smallest absolute Gasteiger partial charge is 0.174 e. The molecule has 1 aliphatic heterocycles. The molecule has 8 heteroatoms. The largest absolute Gasteiger partial charge is 0.495 e. The van der Waals surface area contributed by atoms with Gasteiger partial charge in [0.25, 0.3) is 0 Å². The van der Waals surface area contributed by atoms with Crippen LogP contribution < -0.4 is 15.0 Å². The van der Waals surface area contributed by atoms with Gasteiger partial charge in [0.2, 0.25) is 0 Å². The van der Waals surface area contributed by atoms with Crippen molar-refractivity contribution in [3.63, 3.8) is 0 Å². The van der Waals surface area contributed by atoms with Crippen LogP contribution in [0.3, 0.4) is 0 Å². The molecule has 1 N–H and O–H groups in total. The summed E-state index contributed by atoms with van der Waals surface area (Å²) in [5, 5.41) is 4.69. The van der Waals surface area contributed by atoms with E-state index in [2.05, 4.69) is 50.7 Å². The van der Waals surface area contributed by atoms with Crippen LogP contribution >= 0.6 is 23.8 Å². The molecule has 3 aromatic heterocycles. The van der Waals surface area contributed by atoms with Gasteiger partial charge in [0.05, 0.1) is 29.9 Å². The molecule has 0 radical (unpaired) electrons. The Hall–Kier alpha value is -3.42. The normalized spacial score (nSPS) is 17.5. The zero-order chi connectivity index (χ0) is 24.5. The van der Waals surface area contributed by atoms with Crippen LogP contribution in [0, 0.1) is 13.8 Å². The van der Waals surface area contributed by atoms with E-state index in [-0.39, 0.29) is 12.1 Å². The number of hydrogen-bond donors (Lipinski definition) is 1. The summed E-state index contributed by atoms with van der Waals surface area (Å²) in [5.74, 6) is 0.626. The third-order valence-electron chi connectivity index (χ3n) is 6.51. The van der Waals surface area contributed by atoms with Gasteiger partial charge in [0, 0.05) is 42.2 Å². The lowest BCUT2D eigenvalue weighted by atomic mass is 9.96. The minimum atomic E-state index is -0.128. The number of benzene rings is 1. The molecule has 0 aliphatic carbocycles. The molecule has 0 unspecified atom stereocenters. The van der Waals surface area contributed by atoms with Crippen LogP contribution in [0.1, 0.15) is 40.3 Å². The van der Waals surface area contributed by atoms with E-state index in [9.17, 15) is 0 Å². The molecule has 1 fully saturated rings. The van der Waals surface area contributed by atoms with Crippen molar-refractivity contribution in [3.8, 4) is 5.75 Å². The highest BCUT2D eigenvalue weighted by molar-refractivity contribution is 7.80. The lowest BCUT2D eigenvalue weighted by Gasteiger charge is -2.28. The molecular formula is C27H26ClN5OS. The molecule has 5 rings (SSSR count). The van der Waals surface area contributed by atoms with Crippen molar-refractivity contribution in [1.82, 2.24) is 19.9 Å². The molecular weight excluding hydrogens is 478 g/mol. The SMILES string of the molecule is COc1ccc(N2C(=S)N[C@H](c3ccccn3)[C@H]2c2cc(C)n(Cc3cccnc3)c2C)cc1Cl. The van der Waals surface area contributed by atoms with Crippen LogP contribution in [-0.2, 0) is 6.54 Å². The fraction of sp³-hybridized carbons (Fsp3) is 0.222. The Bertz CT molecular complexity index is 1360. The van der Waals surface area contributed by atoms with Crippen molar-refractivity contribution in [3.05, 3.63) is 106 Å². The third-order valence-corrected chi connectivity index (χ3v) is 7.12. The highest BCUT2D eigenvalue weighted by atomic mass is 35.5. The van der Waals surface area contributed by atoms with Crippen molar-refractivity contribution in [2.75, 3.05) is 12.0 Å². The number of anilines is 1. The second-order valence-corrected chi connectivity index (χ2v) is 9.38. The number of halogens is 1. The zero-order valence-corrected chi connectivity index (χ0v) is 21.3. The number of nitrogens with zero attached hydrogens (tertiary/aromatic N) is 4. The van der Waals surface area contributed by atoms with Crippen molar-refractivity contribution >= 4 is 34.6 Å². The van der Waals surface area contributed by atoms with Crippen LogP contribution in [0.5, 0.6) is 5.75 Å². The lowest BCUT2D eigenvalue weighted by molar-refractivity contribution is 0.415. The number of nitrogens with one attached hydrogen (secondary N) is 1. The predicted octanol–water partition coefficient (Wildman–Crippen LogP) is 5.78. The minimum absolute atomic E-state index is 0.115. The first kappa shape index (κ1) is 23.3. The Labute approximate surface area is 215 Å². The maximum absolute atomic E-state index is 6.52. The quantitative estimate of drug-likeness (QED) is 0.336. The Morgan fingerprint density at radius 3 is 2.63 bits per heavy atom. The molecule has 0 spiro atoms. The molecule has 1 aromatic carbocycles. The second-order valence-electron chi connectivity index (χ2n) is 8.59. The number of thiocarbonyl (C=S) groups is 1. The van der Waals surface area contributed by atoms with Crippen molar-refractivity contribution in [1.29, 1.82) is 0 Å². The van der Waals surface area contributed by atoms with Gasteiger partial charge in [0.1, 0.15) is 5.75 Å². The summed E-state index contributed by atoms with van der Waals surface area (Å²) < 4.78 is 7.69. The van der Waals surface area contributed by atoms with Gasteiger partial charge in [-0.1, -0.05) is 23.7 Å².